The van der Waals surface area contributed by atoms with Crippen LogP contribution in [0.2, 0.25) is 0 Å². The van der Waals surface area contributed by atoms with E-state index in [-0.39, 0.29) is 6.29 Å². The van der Waals surface area contributed by atoms with Crippen LogP contribution in [-0.2, 0) is 9.47 Å². The van der Waals surface area contributed by atoms with E-state index in [0.717, 1.165) is 38.6 Å². The molecular formula is C12H23NO2. The Morgan fingerprint density at radius 1 is 1.20 bits per heavy atom. The molecule has 0 aliphatic carbocycles. The van der Waals surface area contributed by atoms with Crippen molar-refractivity contribution >= 4 is 0 Å². The van der Waals surface area contributed by atoms with Crippen molar-refractivity contribution in [3.8, 4) is 0 Å². The van der Waals surface area contributed by atoms with Gasteiger partial charge in [-0.3, -0.25) is 0 Å². The highest BCUT2D eigenvalue weighted by atomic mass is 16.7. The zero-order chi connectivity index (χ0) is 10.5. The van der Waals surface area contributed by atoms with Gasteiger partial charge in [-0.15, -0.1) is 0 Å². The Kier molecular flexibility index (Phi) is 4.42. The van der Waals surface area contributed by atoms with E-state index in [1.807, 2.05) is 0 Å². The van der Waals surface area contributed by atoms with E-state index in [1.54, 1.807) is 0 Å². The van der Waals surface area contributed by atoms with Gasteiger partial charge in [0.25, 0.3) is 0 Å². The summed E-state index contributed by atoms with van der Waals surface area (Å²) in [5.74, 6) is 0. The maximum absolute atomic E-state index is 5.56. The first-order valence-corrected chi connectivity index (χ1v) is 6.37. The van der Waals surface area contributed by atoms with Crippen molar-refractivity contribution in [3.63, 3.8) is 0 Å². The molecular weight excluding hydrogens is 190 g/mol. The Morgan fingerprint density at radius 3 is 2.73 bits per heavy atom. The third-order valence-electron chi connectivity index (χ3n) is 3.52. The van der Waals surface area contributed by atoms with Crippen molar-refractivity contribution in [2.45, 2.75) is 51.4 Å². The monoisotopic (exact) mass is 213 g/mol. The molecule has 2 aliphatic heterocycles. The normalized spacial score (nSPS) is 29.8. The second-order valence-electron chi connectivity index (χ2n) is 4.55. The van der Waals surface area contributed by atoms with Crippen molar-refractivity contribution in [3.05, 3.63) is 0 Å². The minimum Gasteiger partial charge on any atom is -0.353 e. The van der Waals surface area contributed by atoms with Crippen LogP contribution in [0, 0.1) is 0 Å². The maximum Gasteiger partial charge on any atom is 0.158 e. The lowest BCUT2D eigenvalue weighted by Crippen LogP contribution is -2.34. The molecule has 0 N–H and O–H groups in total. The molecule has 0 aromatic rings. The van der Waals surface area contributed by atoms with Crippen molar-refractivity contribution in [1.29, 1.82) is 0 Å². The third-order valence-corrected chi connectivity index (χ3v) is 3.52. The Balaban J connectivity index is 1.67. The van der Waals surface area contributed by atoms with Gasteiger partial charge in [-0.2, -0.15) is 0 Å². The summed E-state index contributed by atoms with van der Waals surface area (Å²) >= 11 is 0. The van der Waals surface area contributed by atoms with E-state index in [9.17, 15) is 0 Å². The largest absolute Gasteiger partial charge is 0.353 e. The van der Waals surface area contributed by atoms with Gasteiger partial charge in [-0.05, 0) is 32.2 Å². The molecule has 1 atom stereocenters. The minimum atomic E-state index is 0.0665. The molecule has 2 aliphatic rings. The van der Waals surface area contributed by atoms with Crippen LogP contribution in [0.1, 0.15) is 39.0 Å². The Morgan fingerprint density at radius 2 is 2.00 bits per heavy atom. The van der Waals surface area contributed by atoms with Crippen molar-refractivity contribution in [1.82, 2.24) is 4.90 Å². The molecule has 0 aromatic heterocycles. The summed E-state index contributed by atoms with van der Waals surface area (Å²) in [6.45, 7) is 6.45. The molecule has 3 heteroatoms. The second kappa shape index (κ2) is 5.83. The molecule has 0 bridgehead atoms. The summed E-state index contributed by atoms with van der Waals surface area (Å²) in [4.78, 5) is 2.60. The van der Waals surface area contributed by atoms with Crippen LogP contribution in [0.4, 0.5) is 0 Å². The summed E-state index contributed by atoms with van der Waals surface area (Å²) in [5, 5.41) is 0. The van der Waals surface area contributed by atoms with Gasteiger partial charge in [0.1, 0.15) is 0 Å². The lowest BCUT2D eigenvalue weighted by atomic mass is 10.1. The molecule has 2 heterocycles. The summed E-state index contributed by atoms with van der Waals surface area (Å²) in [6.07, 6.45) is 6.19. The average Bonchev–Trinajstić information content (AvgIpc) is 2.75. The second-order valence-corrected chi connectivity index (χ2v) is 4.55. The molecule has 2 saturated heterocycles. The molecule has 0 radical (unpaired) electrons. The molecule has 15 heavy (non-hydrogen) atoms. The quantitative estimate of drug-likeness (QED) is 0.713. The van der Waals surface area contributed by atoms with E-state index < -0.39 is 0 Å². The van der Waals surface area contributed by atoms with Crippen LogP contribution in [0.5, 0.6) is 0 Å². The van der Waals surface area contributed by atoms with Gasteiger partial charge in [-0.1, -0.05) is 6.92 Å². The van der Waals surface area contributed by atoms with E-state index in [2.05, 4.69) is 11.8 Å². The third kappa shape index (κ3) is 3.16. The molecule has 0 amide bonds. The van der Waals surface area contributed by atoms with E-state index in [0.29, 0.717) is 0 Å². The number of hydrogen-bond donors (Lipinski definition) is 0. The van der Waals surface area contributed by atoms with Crippen LogP contribution >= 0.6 is 0 Å². The number of rotatable bonds is 4. The lowest BCUT2D eigenvalue weighted by Gasteiger charge is -2.28. The van der Waals surface area contributed by atoms with Gasteiger partial charge in [0.05, 0.1) is 13.2 Å². The fourth-order valence-electron chi connectivity index (χ4n) is 2.63. The van der Waals surface area contributed by atoms with Crippen LogP contribution < -0.4 is 0 Å². The first-order chi connectivity index (χ1) is 7.40. The highest BCUT2D eigenvalue weighted by Gasteiger charge is 2.24. The lowest BCUT2D eigenvalue weighted by molar-refractivity contribution is -0.182. The zero-order valence-electron chi connectivity index (χ0n) is 9.78. The Labute approximate surface area is 92.7 Å². The first-order valence-electron chi connectivity index (χ1n) is 6.37. The van der Waals surface area contributed by atoms with Gasteiger partial charge < -0.3 is 14.4 Å². The molecule has 0 spiro atoms. The molecule has 2 rings (SSSR count). The topological polar surface area (TPSA) is 21.7 Å². The van der Waals surface area contributed by atoms with Gasteiger partial charge in [0.15, 0.2) is 6.29 Å². The summed E-state index contributed by atoms with van der Waals surface area (Å²) < 4.78 is 11.1. The fraction of sp³-hybridized carbons (Fsp3) is 1.00. The Bertz CT molecular complexity index is 180. The summed E-state index contributed by atoms with van der Waals surface area (Å²) in [5.41, 5.74) is 0. The van der Waals surface area contributed by atoms with E-state index in [4.69, 9.17) is 9.47 Å². The van der Waals surface area contributed by atoms with Gasteiger partial charge in [0, 0.05) is 19.0 Å². The molecule has 1 unspecified atom stereocenters. The highest BCUT2D eigenvalue weighted by molar-refractivity contribution is 4.77. The molecule has 3 nitrogen and oxygen atoms in total. The average molecular weight is 213 g/mol. The maximum atomic E-state index is 5.56. The van der Waals surface area contributed by atoms with Crippen molar-refractivity contribution in [2.75, 3.05) is 26.3 Å². The Hall–Kier alpha value is -0.120. The number of nitrogens with zero attached hydrogens (tertiary/aromatic N) is 1. The van der Waals surface area contributed by atoms with E-state index in [1.165, 1.54) is 25.8 Å². The number of hydrogen-bond acceptors (Lipinski definition) is 3. The predicted molar refractivity (Wildman–Crippen MR) is 59.8 cm³/mol. The minimum absolute atomic E-state index is 0.0665. The van der Waals surface area contributed by atoms with Crippen LogP contribution in [0.25, 0.3) is 0 Å². The van der Waals surface area contributed by atoms with Crippen molar-refractivity contribution < 1.29 is 9.47 Å². The highest BCUT2D eigenvalue weighted by Crippen LogP contribution is 2.21. The predicted octanol–water partition coefficient (Wildman–Crippen LogP) is 2.01. The summed E-state index contributed by atoms with van der Waals surface area (Å²) in [6, 6.07) is 0.814. The van der Waals surface area contributed by atoms with Gasteiger partial charge in [-0.25, -0.2) is 0 Å². The smallest absolute Gasteiger partial charge is 0.158 e. The molecule has 88 valence electrons. The molecule has 0 aromatic carbocycles. The standard InChI is InChI=1S/C12H23NO2/c1-2-11-5-3-7-13(11)8-6-12-14-9-4-10-15-12/h11-12H,2-10H2,1H3. The summed E-state index contributed by atoms with van der Waals surface area (Å²) in [7, 11) is 0. The molecule has 0 saturated carbocycles. The first kappa shape index (κ1) is 11.4. The molecule has 2 fully saturated rings. The SMILES string of the molecule is CCC1CCCN1CCC1OCCCO1. The number of ether oxygens (including phenoxy) is 2. The number of likely N-dealkylation sites (tertiary alicyclic amines) is 1. The van der Waals surface area contributed by atoms with Gasteiger partial charge in [0.2, 0.25) is 0 Å². The van der Waals surface area contributed by atoms with Crippen molar-refractivity contribution in [2.24, 2.45) is 0 Å². The van der Waals surface area contributed by atoms with Crippen LogP contribution in [0.15, 0.2) is 0 Å². The zero-order valence-corrected chi connectivity index (χ0v) is 9.78. The van der Waals surface area contributed by atoms with Crippen LogP contribution in [-0.4, -0.2) is 43.5 Å². The fourth-order valence-corrected chi connectivity index (χ4v) is 2.63. The van der Waals surface area contributed by atoms with E-state index >= 15 is 0 Å². The van der Waals surface area contributed by atoms with Crippen LogP contribution in [0.3, 0.4) is 0 Å². The van der Waals surface area contributed by atoms with Gasteiger partial charge >= 0.3 is 0 Å².